The van der Waals surface area contributed by atoms with E-state index in [0.29, 0.717) is 17.5 Å². The van der Waals surface area contributed by atoms with Crippen LogP contribution < -0.4 is 10.5 Å². The van der Waals surface area contributed by atoms with E-state index >= 15 is 0 Å². The van der Waals surface area contributed by atoms with Crippen LogP contribution in [0.25, 0.3) is 0 Å². The van der Waals surface area contributed by atoms with Crippen LogP contribution in [0.1, 0.15) is 13.8 Å². The molecule has 78 valence electrons. The number of benzene rings is 1. The van der Waals surface area contributed by atoms with Gasteiger partial charge in [-0.3, -0.25) is 0 Å². The van der Waals surface area contributed by atoms with Crippen molar-refractivity contribution in [2.75, 3.05) is 6.61 Å². The highest BCUT2D eigenvalue weighted by molar-refractivity contribution is 6.30. The Morgan fingerprint density at radius 3 is 2.36 bits per heavy atom. The van der Waals surface area contributed by atoms with E-state index in [4.69, 9.17) is 22.1 Å². The molecular weight excluding hydrogens is 198 g/mol. The second-order valence-electron chi connectivity index (χ2n) is 3.67. The second kappa shape index (κ2) is 5.23. The van der Waals surface area contributed by atoms with Gasteiger partial charge in [0.05, 0.1) is 0 Å². The van der Waals surface area contributed by atoms with Crippen molar-refractivity contribution in [2.45, 2.75) is 19.9 Å². The van der Waals surface area contributed by atoms with Crippen LogP contribution in [0.4, 0.5) is 0 Å². The molecule has 0 heterocycles. The van der Waals surface area contributed by atoms with Crippen LogP contribution in [0.3, 0.4) is 0 Å². The van der Waals surface area contributed by atoms with Gasteiger partial charge in [0.25, 0.3) is 0 Å². The van der Waals surface area contributed by atoms with Crippen LogP contribution >= 0.6 is 11.6 Å². The number of hydrogen-bond acceptors (Lipinski definition) is 2. The van der Waals surface area contributed by atoms with Crippen LogP contribution in [-0.4, -0.2) is 12.6 Å². The summed E-state index contributed by atoms with van der Waals surface area (Å²) < 4.78 is 5.50. The molecule has 0 aliphatic heterocycles. The lowest BCUT2D eigenvalue weighted by atomic mass is 10.1. The summed E-state index contributed by atoms with van der Waals surface area (Å²) in [5, 5.41) is 0.713. The first-order chi connectivity index (χ1) is 6.59. The first-order valence-electron chi connectivity index (χ1n) is 4.73. The van der Waals surface area contributed by atoms with Crippen molar-refractivity contribution in [3.8, 4) is 5.75 Å². The van der Waals surface area contributed by atoms with Crippen molar-refractivity contribution in [3.05, 3.63) is 29.3 Å². The normalized spacial score (nSPS) is 12.9. The first kappa shape index (κ1) is 11.3. The number of rotatable bonds is 4. The molecule has 0 aromatic heterocycles. The maximum absolute atomic E-state index is 5.84. The van der Waals surface area contributed by atoms with Crippen molar-refractivity contribution in [1.82, 2.24) is 0 Å². The number of nitrogens with two attached hydrogens (primary N) is 1. The van der Waals surface area contributed by atoms with Crippen LogP contribution in [0.15, 0.2) is 24.3 Å². The zero-order valence-electron chi connectivity index (χ0n) is 8.53. The summed E-state index contributed by atoms with van der Waals surface area (Å²) in [6, 6.07) is 7.37. The highest BCUT2D eigenvalue weighted by Gasteiger charge is 2.07. The molecule has 1 aromatic carbocycles. The Labute approximate surface area is 90.0 Å². The molecular formula is C11H16ClNO. The lowest BCUT2D eigenvalue weighted by Crippen LogP contribution is -2.32. The third-order valence-corrected chi connectivity index (χ3v) is 2.36. The molecule has 1 atom stereocenters. The van der Waals surface area contributed by atoms with Crippen LogP contribution in [0, 0.1) is 5.92 Å². The zero-order valence-corrected chi connectivity index (χ0v) is 9.29. The van der Waals surface area contributed by atoms with Gasteiger partial charge in [-0.15, -0.1) is 0 Å². The van der Waals surface area contributed by atoms with E-state index in [-0.39, 0.29) is 6.04 Å². The van der Waals surface area contributed by atoms with Gasteiger partial charge in [-0.05, 0) is 30.2 Å². The highest BCUT2D eigenvalue weighted by Crippen LogP contribution is 2.15. The predicted octanol–water partition coefficient (Wildman–Crippen LogP) is 2.70. The Hall–Kier alpha value is -0.730. The number of halogens is 1. The minimum atomic E-state index is 0.0747. The van der Waals surface area contributed by atoms with E-state index in [0.717, 1.165) is 5.75 Å². The third-order valence-electron chi connectivity index (χ3n) is 2.11. The molecule has 2 N–H and O–H groups in total. The van der Waals surface area contributed by atoms with E-state index in [9.17, 15) is 0 Å². The molecule has 0 amide bonds. The van der Waals surface area contributed by atoms with Crippen molar-refractivity contribution in [3.63, 3.8) is 0 Å². The summed E-state index contributed by atoms with van der Waals surface area (Å²) in [6.07, 6.45) is 0. The molecule has 1 aromatic rings. The van der Waals surface area contributed by atoms with Crippen molar-refractivity contribution < 1.29 is 4.74 Å². The quantitative estimate of drug-likeness (QED) is 0.835. The largest absolute Gasteiger partial charge is 0.492 e. The minimum absolute atomic E-state index is 0.0747. The first-order valence-corrected chi connectivity index (χ1v) is 5.11. The predicted molar refractivity (Wildman–Crippen MR) is 59.8 cm³/mol. The smallest absolute Gasteiger partial charge is 0.119 e. The number of ether oxygens (including phenoxy) is 1. The molecule has 0 unspecified atom stereocenters. The van der Waals surface area contributed by atoms with Gasteiger partial charge in [-0.1, -0.05) is 25.4 Å². The Bertz CT molecular complexity index is 271. The summed E-state index contributed by atoms with van der Waals surface area (Å²) in [5.74, 6) is 1.24. The fourth-order valence-electron chi connectivity index (χ4n) is 0.916. The lowest BCUT2D eigenvalue weighted by molar-refractivity contribution is 0.259. The third kappa shape index (κ3) is 3.56. The topological polar surface area (TPSA) is 35.2 Å². The Balaban J connectivity index is 2.42. The Kier molecular flexibility index (Phi) is 4.23. The second-order valence-corrected chi connectivity index (χ2v) is 4.11. The van der Waals surface area contributed by atoms with Gasteiger partial charge in [0.2, 0.25) is 0 Å². The minimum Gasteiger partial charge on any atom is -0.492 e. The standard InChI is InChI=1S/C11H16ClNO/c1-8(2)11(13)7-14-10-5-3-9(12)4-6-10/h3-6,8,11H,7,13H2,1-2H3/t11-/m0/s1. The van der Waals surface area contributed by atoms with E-state index in [2.05, 4.69) is 13.8 Å². The van der Waals surface area contributed by atoms with Gasteiger partial charge >= 0.3 is 0 Å². The highest BCUT2D eigenvalue weighted by atomic mass is 35.5. The van der Waals surface area contributed by atoms with E-state index in [1.165, 1.54) is 0 Å². The molecule has 0 bridgehead atoms. The summed E-state index contributed by atoms with van der Waals surface area (Å²) in [5.41, 5.74) is 5.84. The maximum atomic E-state index is 5.84. The van der Waals surface area contributed by atoms with E-state index < -0.39 is 0 Å². The van der Waals surface area contributed by atoms with Crippen LogP contribution in [-0.2, 0) is 0 Å². The average molecular weight is 214 g/mol. The van der Waals surface area contributed by atoms with Gasteiger partial charge in [-0.25, -0.2) is 0 Å². The molecule has 0 saturated carbocycles. The monoisotopic (exact) mass is 213 g/mol. The van der Waals surface area contributed by atoms with Crippen LogP contribution in [0.5, 0.6) is 5.75 Å². The fourth-order valence-corrected chi connectivity index (χ4v) is 1.04. The molecule has 0 spiro atoms. The van der Waals surface area contributed by atoms with Gasteiger partial charge in [0.1, 0.15) is 12.4 Å². The molecule has 0 saturated heterocycles. The van der Waals surface area contributed by atoms with Crippen molar-refractivity contribution >= 4 is 11.6 Å². The Morgan fingerprint density at radius 2 is 1.86 bits per heavy atom. The Morgan fingerprint density at radius 1 is 1.29 bits per heavy atom. The van der Waals surface area contributed by atoms with Gasteiger partial charge in [-0.2, -0.15) is 0 Å². The summed E-state index contributed by atoms with van der Waals surface area (Å²) in [4.78, 5) is 0. The van der Waals surface area contributed by atoms with Crippen molar-refractivity contribution in [2.24, 2.45) is 11.7 Å². The number of hydrogen-bond donors (Lipinski definition) is 1. The molecule has 1 rings (SSSR count). The zero-order chi connectivity index (χ0) is 10.6. The molecule has 14 heavy (non-hydrogen) atoms. The molecule has 2 nitrogen and oxygen atoms in total. The molecule has 0 radical (unpaired) electrons. The summed E-state index contributed by atoms with van der Waals surface area (Å²) in [7, 11) is 0. The SMILES string of the molecule is CC(C)[C@@H](N)COc1ccc(Cl)cc1. The summed E-state index contributed by atoms with van der Waals surface area (Å²) >= 11 is 5.74. The maximum Gasteiger partial charge on any atom is 0.119 e. The summed E-state index contributed by atoms with van der Waals surface area (Å²) in [6.45, 7) is 4.70. The van der Waals surface area contributed by atoms with Gasteiger partial charge in [0.15, 0.2) is 0 Å². The fraction of sp³-hybridized carbons (Fsp3) is 0.455. The average Bonchev–Trinajstić information content (AvgIpc) is 2.16. The lowest BCUT2D eigenvalue weighted by Gasteiger charge is -2.16. The molecule has 3 heteroatoms. The van der Waals surface area contributed by atoms with Crippen LogP contribution in [0.2, 0.25) is 5.02 Å². The molecule has 0 aliphatic carbocycles. The van der Waals surface area contributed by atoms with Gasteiger partial charge in [0, 0.05) is 11.1 Å². The van der Waals surface area contributed by atoms with E-state index in [1.54, 1.807) is 12.1 Å². The van der Waals surface area contributed by atoms with Crippen molar-refractivity contribution in [1.29, 1.82) is 0 Å². The molecule has 0 fully saturated rings. The molecule has 0 aliphatic rings. The van der Waals surface area contributed by atoms with E-state index in [1.807, 2.05) is 12.1 Å². The van der Waals surface area contributed by atoms with Gasteiger partial charge < -0.3 is 10.5 Å².